The Labute approximate surface area is 101 Å². The van der Waals surface area contributed by atoms with Gasteiger partial charge in [-0.15, -0.1) is 0 Å². The van der Waals surface area contributed by atoms with E-state index in [1.807, 2.05) is 6.92 Å². The fraction of sp³-hybridized carbons (Fsp3) is 0.538. The molecule has 4 heteroatoms. The predicted octanol–water partition coefficient (Wildman–Crippen LogP) is 1.67. The van der Waals surface area contributed by atoms with Gasteiger partial charge in [0.1, 0.15) is 5.82 Å². The fourth-order valence-corrected chi connectivity index (χ4v) is 2.76. The van der Waals surface area contributed by atoms with Crippen molar-refractivity contribution in [2.45, 2.75) is 39.0 Å². The van der Waals surface area contributed by atoms with Gasteiger partial charge >= 0.3 is 0 Å². The van der Waals surface area contributed by atoms with Crippen molar-refractivity contribution in [3.05, 3.63) is 16.8 Å². The third-order valence-electron chi connectivity index (χ3n) is 3.82. The van der Waals surface area contributed by atoms with Gasteiger partial charge in [0.05, 0.1) is 0 Å². The Kier molecular flexibility index (Phi) is 2.31. The number of fused-ring (bicyclic) bond motifs is 2. The maximum atomic E-state index is 11.6. The smallest absolute Gasteiger partial charge is 0.228 e. The first-order chi connectivity index (χ1) is 8.16. The number of rotatable bonds is 0. The monoisotopic (exact) mass is 231 g/mol. The zero-order valence-electron chi connectivity index (χ0n) is 10.0. The maximum Gasteiger partial charge on any atom is 0.228 e. The van der Waals surface area contributed by atoms with Crippen LogP contribution in [0, 0.1) is 5.92 Å². The molecule has 2 aliphatic rings. The van der Waals surface area contributed by atoms with E-state index in [0.29, 0.717) is 12.2 Å². The summed E-state index contributed by atoms with van der Waals surface area (Å²) >= 11 is 0. The second kappa shape index (κ2) is 3.72. The van der Waals surface area contributed by atoms with E-state index < -0.39 is 0 Å². The van der Waals surface area contributed by atoms with E-state index >= 15 is 0 Å². The summed E-state index contributed by atoms with van der Waals surface area (Å²) in [6.45, 7) is 1.93. The summed E-state index contributed by atoms with van der Waals surface area (Å²) in [5.74, 6) is 0.750. The fourth-order valence-electron chi connectivity index (χ4n) is 2.76. The van der Waals surface area contributed by atoms with Gasteiger partial charge in [0.2, 0.25) is 5.91 Å². The lowest BCUT2D eigenvalue weighted by Crippen LogP contribution is -2.30. The van der Waals surface area contributed by atoms with Crippen molar-refractivity contribution in [3.63, 3.8) is 0 Å². The second-order valence-electron chi connectivity index (χ2n) is 5.08. The van der Waals surface area contributed by atoms with Crippen molar-refractivity contribution >= 4 is 17.4 Å². The lowest BCUT2D eigenvalue weighted by Gasteiger charge is -2.27. The Morgan fingerprint density at radius 1 is 1.29 bits per heavy atom. The Hall–Kier alpha value is -1.58. The minimum Gasteiger partial charge on any atom is -0.398 e. The third kappa shape index (κ3) is 1.59. The minimum atomic E-state index is -0.00626. The molecule has 1 atom stereocenters. The van der Waals surface area contributed by atoms with Gasteiger partial charge in [-0.3, -0.25) is 4.79 Å². The van der Waals surface area contributed by atoms with Crippen LogP contribution in [-0.2, 0) is 24.1 Å². The zero-order chi connectivity index (χ0) is 12.0. The number of nitrogens with one attached hydrogen (secondary N) is 1. The molecule has 1 aliphatic heterocycles. The summed E-state index contributed by atoms with van der Waals surface area (Å²) in [4.78, 5) is 16.2. The molecule has 1 aliphatic carbocycles. The molecule has 0 bridgehead atoms. The van der Waals surface area contributed by atoms with E-state index in [4.69, 9.17) is 5.73 Å². The van der Waals surface area contributed by atoms with Gasteiger partial charge in [-0.05, 0) is 37.7 Å². The minimum absolute atomic E-state index is 0.00626. The van der Waals surface area contributed by atoms with Crippen LogP contribution >= 0.6 is 0 Å². The molecule has 0 radical (unpaired) electrons. The lowest BCUT2D eigenvalue weighted by atomic mass is 9.88. The largest absolute Gasteiger partial charge is 0.398 e. The van der Waals surface area contributed by atoms with Crippen molar-refractivity contribution in [1.29, 1.82) is 0 Å². The lowest BCUT2D eigenvalue weighted by molar-refractivity contribution is -0.119. The number of carbonyl (C=O) groups is 1. The van der Waals surface area contributed by atoms with Gasteiger partial charge in [-0.25, -0.2) is 4.98 Å². The Bertz CT molecular complexity index is 496. The van der Waals surface area contributed by atoms with Crippen LogP contribution in [0.1, 0.15) is 36.6 Å². The first kappa shape index (κ1) is 10.6. The molecular weight excluding hydrogens is 214 g/mol. The van der Waals surface area contributed by atoms with Gasteiger partial charge in [-0.2, -0.15) is 0 Å². The number of nitrogen functional groups attached to an aromatic ring is 1. The number of aryl methyl sites for hydroxylation is 1. The summed E-state index contributed by atoms with van der Waals surface area (Å²) in [6, 6.07) is 0. The van der Waals surface area contributed by atoms with Gasteiger partial charge in [0, 0.05) is 22.9 Å². The van der Waals surface area contributed by atoms with E-state index in [0.717, 1.165) is 29.8 Å². The van der Waals surface area contributed by atoms with E-state index in [9.17, 15) is 4.79 Å². The average Bonchev–Trinajstić information content (AvgIpc) is 2.32. The Balaban J connectivity index is 2.13. The molecule has 4 nitrogen and oxygen atoms in total. The van der Waals surface area contributed by atoms with E-state index in [1.165, 1.54) is 18.4 Å². The Morgan fingerprint density at radius 2 is 2.06 bits per heavy atom. The highest BCUT2D eigenvalue weighted by Gasteiger charge is 2.28. The van der Waals surface area contributed by atoms with Crippen LogP contribution in [0.15, 0.2) is 0 Å². The molecule has 3 rings (SSSR count). The van der Waals surface area contributed by atoms with Crippen LogP contribution in [0.25, 0.3) is 0 Å². The number of aromatic nitrogens is 1. The molecule has 3 N–H and O–H groups in total. The summed E-state index contributed by atoms with van der Waals surface area (Å²) < 4.78 is 0. The van der Waals surface area contributed by atoms with Crippen LogP contribution in [0.2, 0.25) is 0 Å². The van der Waals surface area contributed by atoms with Crippen LogP contribution in [0.3, 0.4) is 0 Å². The third-order valence-corrected chi connectivity index (χ3v) is 3.82. The van der Waals surface area contributed by atoms with E-state index in [-0.39, 0.29) is 11.8 Å². The summed E-state index contributed by atoms with van der Waals surface area (Å²) in [6.07, 6.45) is 5.09. The molecule has 90 valence electrons. The van der Waals surface area contributed by atoms with E-state index in [1.54, 1.807) is 0 Å². The number of amides is 1. The molecule has 0 spiro atoms. The standard InChI is InChI=1S/C13H17N3O/c1-7-6-9-11(14)8-4-2-3-5-10(8)15-12(9)16-13(7)17/h7H,2-6H2,1H3,(H3,14,15,16,17). The van der Waals surface area contributed by atoms with E-state index in [2.05, 4.69) is 10.3 Å². The van der Waals surface area contributed by atoms with Crippen molar-refractivity contribution in [3.8, 4) is 0 Å². The predicted molar refractivity (Wildman–Crippen MR) is 66.8 cm³/mol. The molecule has 17 heavy (non-hydrogen) atoms. The topological polar surface area (TPSA) is 68.0 Å². The molecule has 0 aromatic carbocycles. The molecule has 1 amide bonds. The molecule has 2 heterocycles. The molecule has 1 aromatic heterocycles. The van der Waals surface area contributed by atoms with Crippen LogP contribution in [-0.4, -0.2) is 10.9 Å². The van der Waals surface area contributed by atoms with Crippen molar-refractivity contribution in [2.24, 2.45) is 5.92 Å². The summed E-state index contributed by atoms with van der Waals surface area (Å²) in [7, 11) is 0. The normalized spacial score (nSPS) is 22.6. The molecule has 0 saturated heterocycles. The number of nitrogens with zero attached hydrogens (tertiary/aromatic N) is 1. The number of nitrogens with two attached hydrogens (primary N) is 1. The molecular formula is C13H17N3O. The number of pyridine rings is 1. The van der Waals surface area contributed by atoms with Gasteiger partial charge < -0.3 is 11.1 Å². The van der Waals surface area contributed by atoms with Crippen LogP contribution < -0.4 is 11.1 Å². The van der Waals surface area contributed by atoms with Crippen molar-refractivity contribution in [1.82, 2.24) is 4.98 Å². The maximum absolute atomic E-state index is 11.6. The number of hydrogen-bond donors (Lipinski definition) is 2. The first-order valence-electron chi connectivity index (χ1n) is 6.27. The van der Waals surface area contributed by atoms with Crippen molar-refractivity contribution < 1.29 is 4.79 Å². The highest BCUT2D eigenvalue weighted by Crippen LogP contribution is 2.35. The quantitative estimate of drug-likeness (QED) is 0.713. The number of carbonyl (C=O) groups excluding carboxylic acids is 1. The molecule has 1 unspecified atom stereocenters. The number of hydrogen-bond acceptors (Lipinski definition) is 3. The average molecular weight is 231 g/mol. The van der Waals surface area contributed by atoms with Crippen molar-refractivity contribution in [2.75, 3.05) is 11.1 Å². The van der Waals surface area contributed by atoms with Gasteiger partial charge in [0.15, 0.2) is 0 Å². The number of anilines is 2. The SMILES string of the molecule is CC1Cc2c(nc3c(c2N)CCCC3)NC1=O. The van der Waals surface area contributed by atoms with Gasteiger partial charge in [-0.1, -0.05) is 6.92 Å². The summed E-state index contributed by atoms with van der Waals surface area (Å²) in [5, 5.41) is 2.87. The first-order valence-corrected chi connectivity index (χ1v) is 6.27. The van der Waals surface area contributed by atoms with Crippen LogP contribution in [0.5, 0.6) is 0 Å². The summed E-state index contributed by atoms with van der Waals surface area (Å²) in [5.41, 5.74) is 10.5. The highest BCUT2D eigenvalue weighted by molar-refractivity contribution is 5.95. The Morgan fingerprint density at radius 3 is 2.88 bits per heavy atom. The van der Waals surface area contributed by atoms with Crippen LogP contribution in [0.4, 0.5) is 11.5 Å². The second-order valence-corrected chi connectivity index (χ2v) is 5.08. The zero-order valence-corrected chi connectivity index (χ0v) is 10.0. The molecule has 0 fully saturated rings. The molecule has 1 aromatic rings. The van der Waals surface area contributed by atoms with Gasteiger partial charge in [0.25, 0.3) is 0 Å². The highest BCUT2D eigenvalue weighted by atomic mass is 16.2. The molecule has 0 saturated carbocycles.